The highest BCUT2D eigenvalue weighted by atomic mass is 127. The van der Waals surface area contributed by atoms with Gasteiger partial charge in [-0.3, -0.25) is 0 Å². The average Bonchev–Trinajstić information content (AvgIpc) is 2.60. The minimum atomic E-state index is 0.350. The van der Waals surface area contributed by atoms with E-state index in [4.69, 9.17) is 0 Å². The molecule has 0 aliphatic heterocycles. The number of benzene rings is 4. The molecule has 0 saturated heterocycles. The van der Waals surface area contributed by atoms with Crippen LogP contribution >= 0.6 is 45.2 Å². The molecule has 0 amide bonds. The summed E-state index contributed by atoms with van der Waals surface area (Å²) in [7, 11) is 0. The van der Waals surface area contributed by atoms with E-state index in [-0.39, 0.29) is 0 Å². The van der Waals surface area contributed by atoms with E-state index in [1.165, 1.54) is 17.9 Å². The number of rotatable bonds is 0. The van der Waals surface area contributed by atoms with Crippen LogP contribution in [0.2, 0.25) is 0 Å². The Morgan fingerprint density at radius 1 is 0.565 bits per heavy atom. The Balaban J connectivity index is 0.000000136. The van der Waals surface area contributed by atoms with E-state index in [0.29, 0.717) is 5.75 Å². The van der Waals surface area contributed by atoms with Crippen LogP contribution in [0.25, 0.3) is 21.5 Å². The maximum absolute atomic E-state index is 9.37. The number of hydrogen-bond donors (Lipinski definition) is 1. The summed E-state index contributed by atoms with van der Waals surface area (Å²) in [5.74, 6) is 0.350. The Bertz CT molecular complexity index is 958. The molecule has 0 bridgehead atoms. The van der Waals surface area contributed by atoms with Crippen molar-refractivity contribution in [3.05, 3.63) is 86.0 Å². The van der Waals surface area contributed by atoms with E-state index in [2.05, 4.69) is 81.6 Å². The third-order valence-electron chi connectivity index (χ3n) is 3.58. The lowest BCUT2D eigenvalue weighted by atomic mass is 10.1. The van der Waals surface area contributed by atoms with Gasteiger partial charge in [-0.1, -0.05) is 66.7 Å². The standard InChI is InChI=1S/C10H6I2.C10H8O/c11-9-6-5-7-3-1-2-4-8(7)10(9)12;11-10-7-3-5-8-4-1-2-6-9(8)10/h1-6H;1-7,11H. The van der Waals surface area contributed by atoms with Gasteiger partial charge in [-0.25, -0.2) is 0 Å². The minimum absolute atomic E-state index is 0.350. The molecule has 4 aromatic rings. The predicted molar refractivity (Wildman–Crippen MR) is 115 cm³/mol. The van der Waals surface area contributed by atoms with Gasteiger partial charge in [0.25, 0.3) is 0 Å². The highest BCUT2D eigenvalue weighted by molar-refractivity contribution is 14.1. The Morgan fingerprint density at radius 3 is 1.83 bits per heavy atom. The fourth-order valence-corrected chi connectivity index (χ4v) is 3.56. The monoisotopic (exact) mass is 524 g/mol. The Kier molecular flexibility index (Phi) is 5.38. The van der Waals surface area contributed by atoms with E-state index in [1.807, 2.05) is 36.4 Å². The molecular formula is C20H14I2O. The summed E-state index contributed by atoms with van der Waals surface area (Å²) in [5.41, 5.74) is 0. The number of phenols is 1. The van der Waals surface area contributed by atoms with Gasteiger partial charge >= 0.3 is 0 Å². The van der Waals surface area contributed by atoms with Crippen molar-refractivity contribution in [2.45, 2.75) is 0 Å². The molecule has 0 fully saturated rings. The van der Waals surface area contributed by atoms with Crippen LogP contribution in [-0.4, -0.2) is 5.11 Å². The second kappa shape index (κ2) is 7.49. The first kappa shape index (κ1) is 16.5. The molecule has 0 aromatic heterocycles. The van der Waals surface area contributed by atoms with E-state index < -0.39 is 0 Å². The number of hydrogen-bond acceptors (Lipinski definition) is 1. The molecule has 0 radical (unpaired) electrons. The van der Waals surface area contributed by atoms with Crippen molar-refractivity contribution in [3.63, 3.8) is 0 Å². The van der Waals surface area contributed by atoms with E-state index in [0.717, 1.165) is 10.8 Å². The maximum Gasteiger partial charge on any atom is 0.123 e. The van der Waals surface area contributed by atoms with Crippen LogP contribution in [0.4, 0.5) is 0 Å². The van der Waals surface area contributed by atoms with Gasteiger partial charge in [0.05, 0.1) is 0 Å². The summed E-state index contributed by atoms with van der Waals surface area (Å²) < 4.78 is 2.68. The fourth-order valence-electron chi connectivity index (χ4n) is 2.42. The van der Waals surface area contributed by atoms with Gasteiger partial charge in [0.15, 0.2) is 0 Å². The molecule has 4 rings (SSSR count). The average molecular weight is 524 g/mol. The molecule has 0 spiro atoms. The molecule has 1 N–H and O–H groups in total. The van der Waals surface area contributed by atoms with Crippen LogP contribution in [-0.2, 0) is 0 Å². The van der Waals surface area contributed by atoms with Crippen molar-refractivity contribution < 1.29 is 5.11 Å². The van der Waals surface area contributed by atoms with Crippen LogP contribution in [0.1, 0.15) is 0 Å². The van der Waals surface area contributed by atoms with Crippen molar-refractivity contribution in [1.29, 1.82) is 0 Å². The number of aromatic hydroxyl groups is 1. The predicted octanol–water partition coefficient (Wildman–Crippen LogP) is 6.59. The lowest BCUT2D eigenvalue weighted by Crippen LogP contribution is -1.81. The molecule has 23 heavy (non-hydrogen) atoms. The molecule has 0 heterocycles. The van der Waals surface area contributed by atoms with E-state index in [1.54, 1.807) is 6.07 Å². The quantitative estimate of drug-likeness (QED) is 0.258. The topological polar surface area (TPSA) is 20.2 Å². The summed E-state index contributed by atoms with van der Waals surface area (Å²) in [6.07, 6.45) is 0. The van der Waals surface area contributed by atoms with Crippen LogP contribution in [0.3, 0.4) is 0 Å². The molecule has 3 heteroatoms. The number of phenolic OH excluding ortho intramolecular Hbond substituents is 1. The summed E-state index contributed by atoms with van der Waals surface area (Å²) in [6, 6.07) is 26.1. The molecule has 0 saturated carbocycles. The maximum atomic E-state index is 9.37. The summed E-state index contributed by atoms with van der Waals surface area (Å²) in [6.45, 7) is 0. The van der Waals surface area contributed by atoms with Crippen LogP contribution in [0, 0.1) is 7.14 Å². The molecule has 0 aliphatic carbocycles. The van der Waals surface area contributed by atoms with Gasteiger partial charge in [0.1, 0.15) is 5.75 Å². The fraction of sp³-hybridized carbons (Fsp3) is 0. The Morgan fingerprint density at radius 2 is 1.13 bits per heavy atom. The van der Waals surface area contributed by atoms with Crippen LogP contribution in [0.15, 0.2) is 78.9 Å². The molecule has 0 unspecified atom stereocenters. The lowest BCUT2D eigenvalue weighted by molar-refractivity contribution is 0.481. The Hall–Kier alpha value is -1.34. The molecule has 0 atom stereocenters. The van der Waals surface area contributed by atoms with Crippen molar-refractivity contribution in [2.75, 3.05) is 0 Å². The largest absolute Gasteiger partial charge is 0.507 e. The normalized spacial score (nSPS) is 10.3. The second-order valence-corrected chi connectivity index (χ2v) is 7.32. The molecule has 0 aliphatic rings. The smallest absolute Gasteiger partial charge is 0.123 e. The van der Waals surface area contributed by atoms with Crippen molar-refractivity contribution in [3.8, 4) is 5.75 Å². The van der Waals surface area contributed by atoms with Gasteiger partial charge in [0.2, 0.25) is 0 Å². The van der Waals surface area contributed by atoms with Crippen molar-refractivity contribution in [2.24, 2.45) is 0 Å². The van der Waals surface area contributed by atoms with Gasteiger partial charge in [-0.05, 0) is 73.5 Å². The van der Waals surface area contributed by atoms with Gasteiger partial charge < -0.3 is 5.11 Å². The SMILES string of the molecule is Ic1ccc2ccccc2c1I.Oc1cccc2ccccc12. The summed E-state index contributed by atoms with van der Waals surface area (Å²) in [4.78, 5) is 0. The zero-order valence-corrected chi connectivity index (χ0v) is 16.5. The summed E-state index contributed by atoms with van der Waals surface area (Å²) in [5, 5.41) is 14.0. The summed E-state index contributed by atoms with van der Waals surface area (Å²) >= 11 is 4.76. The minimum Gasteiger partial charge on any atom is -0.507 e. The molecule has 1 nitrogen and oxygen atoms in total. The zero-order valence-electron chi connectivity index (χ0n) is 12.2. The zero-order chi connectivity index (χ0) is 16.2. The van der Waals surface area contributed by atoms with Crippen LogP contribution < -0.4 is 0 Å². The first-order valence-electron chi connectivity index (χ1n) is 7.16. The third kappa shape index (κ3) is 3.77. The number of fused-ring (bicyclic) bond motifs is 2. The van der Waals surface area contributed by atoms with E-state index >= 15 is 0 Å². The first-order valence-corrected chi connectivity index (χ1v) is 9.32. The Labute approximate surface area is 162 Å². The van der Waals surface area contributed by atoms with Crippen LogP contribution in [0.5, 0.6) is 5.75 Å². The van der Waals surface area contributed by atoms with Crippen molar-refractivity contribution in [1.82, 2.24) is 0 Å². The lowest BCUT2D eigenvalue weighted by Gasteiger charge is -2.01. The second-order valence-electron chi connectivity index (χ2n) is 5.08. The molecule has 4 aromatic carbocycles. The number of halogens is 2. The third-order valence-corrected chi connectivity index (χ3v) is 6.68. The van der Waals surface area contributed by atoms with E-state index in [9.17, 15) is 5.11 Å². The first-order chi connectivity index (χ1) is 11.2. The highest BCUT2D eigenvalue weighted by Gasteiger charge is 2.00. The van der Waals surface area contributed by atoms with Crippen molar-refractivity contribution >= 4 is 66.7 Å². The molecule has 114 valence electrons. The van der Waals surface area contributed by atoms with Gasteiger partial charge in [-0.15, -0.1) is 0 Å². The highest BCUT2D eigenvalue weighted by Crippen LogP contribution is 2.25. The van der Waals surface area contributed by atoms with Gasteiger partial charge in [-0.2, -0.15) is 0 Å². The molecular weight excluding hydrogens is 510 g/mol. The van der Waals surface area contributed by atoms with Gasteiger partial charge in [0, 0.05) is 12.5 Å².